The summed E-state index contributed by atoms with van der Waals surface area (Å²) in [6.45, 7) is 10.1. The highest BCUT2D eigenvalue weighted by Gasteiger charge is 2.29. The fraction of sp³-hybridized carbons (Fsp3) is 0.517. The summed E-state index contributed by atoms with van der Waals surface area (Å²) in [7, 11) is -1.96. The number of methoxy groups -OCH3 is 1. The van der Waals surface area contributed by atoms with E-state index in [1.165, 1.54) is 10.6 Å². The molecule has 8 nitrogen and oxygen atoms in total. The van der Waals surface area contributed by atoms with E-state index in [4.69, 9.17) is 4.74 Å². The van der Waals surface area contributed by atoms with Gasteiger partial charge in [0.1, 0.15) is 11.8 Å². The summed E-state index contributed by atoms with van der Waals surface area (Å²) in [5, 5.41) is 3.00. The Morgan fingerprint density at radius 1 is 1.03 bits per heavy atom. The molecule has 210 valence electrons. The molecule has 0 spiro atoms. The Kier molecular flexibility index (Phi) is 11.6. The first-order chi connectivity index (χ1) is 17.9. The number of ether oxygens (including phenoxy) is 1. The fourth-order valence-corrected chi connectivity index (χ4v) is 5.17. The average Bonchev–Trinajstić information content (AvgIpc) is 2.87. The summed E-state index contributed by atoms with van der Waals surface area (Å²) in [5.74, 6) is 0.280. The molecule has 2 atom stereocenters. The lowest BCUT2D eigenvalue weighted by atomic mass is 10.1. The Bertz CT molecular complexity index is 1200. The van der Waals surface area contributed by atoms with Gasteiger partial charge in [-0.3, -0.25) is 13.9 Å². The standard InChI is InChI=1S/C29H43N3O5S/c1-8-23(5)30-29(34)27(9-2)31(20-24-12-10-13-26(19-24)37-6)28(33)14-11-17-32(38(7,35)36)25-16-15-21(3)22(4)18-25/h10,12-13,15-16,18-19,23,27H,8-9,11,14,17,20H2,1-7H3,(H,30,34). The van der Waals surface area contributed by atoms with Crippen molar-refractivity contribution in [3.8, 4) is 5.75 Å². The molecular formula is C29H43N3O5S. The Hall–Kier alpha value is -3.07. The van der Waals surface area contributed by atoms with Crippen molar-refractivity contribution in [3.63, 3.8) is 0 Å². The lowest BCUT2D eigenvalue weighted by Gasteiger charge is -2.32. The van der Waals surface area contributed by atoms with Crippen molar-refractivity contribution >= 4 is 27.5 Å². The molecule has 0 heterocycles. The summed E-state index contributed by atoms with van der Waals surface area (Å²) < 4.78 is 31.8. The predicted molar refractivity (Wildman–Crippen MR) is 153 cm³/mol. The largest absolute Gasteiger partial charge is 0.497 e. The van der Waals surface area contributed by atoms with Crippen LogP contribution in [0.4, 0.5) is 5.69 Å². The molecule has 0 saturated heterocycles. The number of amides is 2. The number of sulfonamides is 1. The number of anilines is 1. The monoisotopic (exact) mass is 545 g/mol. The van der Waals surface area contributed by atoms with Crippen molar-refractivity contribution < 1.29 is 22.7 Å². The van der Waals surface area contributed by atoms with Crippen molar-refractivity contribution in [2.45, 2.75) is 78.9 Å². The third kappa shape index (κ3) is 8.75. The smallest absolute Gasteiger partial charge is 0.243 e. The van der Waals surface area contributed by atoms with Crippen LogP contribution >= 0.6 is 0 Å². The molecule has 0 aromatic heterocycles. The van der Waals surface area contributed by atoms with E-state index in [1.54, 1.807) is 18.1 Å². The molecule has 2 amide bonds. The first-order valence-corrected chi connectivity index (χ1v) is 15.0. The van der Waals surface area contributed by atoms with Gasteiger partial charge in [0, 0.05) is 25.6 Å². The minimum absolute atomic E-state index is 0.00777. The van der Waals surface area contributed by atoms with Gasteiger partial charge in [-0.05, 0) is 81.0 Å². The second-order valence-electron chi connectivity index (χ2n) is 9.82. The average molecular weight is 546 g/mol. The lowest BCUT2D eigenvalue weighted by molar-refractivity contribution is -0.141. The molecule has 2 unspecified atom stereocenters. The highest BCUT2D eigenvalue weighted by molar-refractivity contribution is 7.92. The van der Waals surface area contributed by atoms with E-state index >= 15 is 0 Å². The van der Waals surface area contributed by atoms with E-state index in [9.17, 15) is 18.0 Å². The number of aryl methyl sites for hydroxylation is 2. The minimum Gasteiger partial charge on any atom is -0.497 e. The van der Waals surface area contributed by atoms with Crippen molar-refractivity contribution in [2.24, 2.45) is 0 Å². The maximum atomic E-state index is 13.6. The third-order valence-corrected chi connectivity index (χ3v) is 8.00. The van der Waals surface area contributed by atoms with E-state index < -0.39 is 16.1 Å². The predicted octanol–water partition coefficient (Wildman–Crippen LogP) is 4.58. The number of nitrogens with one attached hydrogen (secondary N) is 1. The zero-order valence-corrected chi connectivity index (χ0v) is 24.6. The van der Waals surface area contributed by atoms with Crippen molar-refractivity contribution in [3.05, 3.63) is 59.2 Å². The summed E-state index contributed by atoms with van der Waals surface area (Å²) in [4.78, 5) is 28.3. The molecule has 2 aromatic carbocycles. The molecule has 0 radical (unpaired) electrons. The summed E-state index contributed by atoms with van der Waals surface area (Å²) in [6, 6.07) is 12.3. The molecule has 2 rings (SSSR count). The Balaban J connectivity index is 2.26. The van der Waals surface area contributed by atoms with Crippen LogP contribution in [-0.4, -0.2) is 57.1 Å². The first-order valence-electron chi connectivity index (χ1n) is 13.2. The number of benzene rings is 2. The normalized spacial score (nSPS) is 12.9. The van der Waals surface area contributed by atoms with Gasteiger partial charge in [-0.15, -0.1) is 0 Å². The van der Waals surface area contributed by atoms with E-state index in [2.05, 4.69) is 5.32 Å². The highest BCUT2D eigenvalue weighted by atomic mass is 32.2. The van der Waals surface area contributed by atoms with Gasteiger partial charge < -0.3 is 15.0 Å². The first kappa shape index (κ1) is 31.1. The third-order valence-electron chi connectivity index (χ3n) is 6.80. The quantitative estimate of drug-likeness (QED) is 0.375. The Labute approximate surface area is 228 Å². The van der Waals surface area contributed by atoms with Crippen molar-refractivity contribution in [1.29, 1.82) is 0 Å². The zero-order valence-electron chi connectivity index (χ0n) is 23.8. The van der Waals surface area contributed by atoms with Crippen LogP contribution in [-0.2, 0) is 26.2 Å². The number of rotatable bonds is 14. The molecule has 0 fully saturated rings. The molecule has 1 N–H and O–H groups in total. The minimum atomic E-state index is -3.54. The number of hydrogen-bond donors (Lipinski definition) is 1. The lowest BCUT2D eigenvalue weighted by Crippen LogP contribution is -2.50. The molecule has 0 aliphatic rings. The second kappa shape index (κ2) is 14.2. The molecule has 0 aliphatic carbocycles. The van der Waals surface area contributed by atoms with Crippen LogP contribution in [0.2, 0.25) is 0 Å². The van der Waals surface area contributed by atoms with E-state index in [0.29, 0.717) is 24.3 Å². The van der Waals surface area contributed by atoms with Gasteiger partial charge in [0.25, 0.3) is 0 Å². The Morgan fingerprint density at radius 2 is 1.74 bits per heavy atom. The van der Waals surface area contributed by atoms with Crippen LogP contribution in [0.3, 0.4) is 0 Å². The van der Waals surface area contributed by atoms with Crippen LogP contribution in [0.15, 0.2) is 42.5 Å². The number of carbonyl (C=O) groups is 2. The molecule has 0 aliphatic heterocycles. The van der Waals surface area contributed by atoms with E-state index in [1.807, 2.05) is 71.0 Å². The fourth-order valence-electron chi connectivity index (χ4n) is 4.21. The van der Waals surface area contributed by atoms with Gasteiger partial charge in [-0.1, -0.05) is 32.0 Å². The summed E-state index contributed by atoms with van der Waals surface area (Å²) in [6.07, 6.45) is 2.83. The van der Waals surface area contributed by atoms with Gasteiger partial charge >= 0.3 is 0 Å². The molecule has 0 bridgehead atoms. The second-order valence-corrected chi connectivity index (χ2v) is 11.7. The zero-order chi connectivity index (χ0) is 28.5. The van der Waals surface area contributed by atoms with Crippen LogP contribution in [0, 0.1) is 13.8 Å². The van der Waals surface area contributed by atoms with Crippen LogP contribution < -0.4 is 14.4 Å². The van der Waals surface area contributed by atoms with Crippen LogP contribution in [0.5, 0.6) is 5.75 Å². The van der Waals surface area contributed by atoms with E-state index in [0.717, 1.165) is 23.1 Å². The maximum absolute atomic E-state index is 13.6. The van der Waals surface area contributed by atoms with Crippen molar-refractivity contribution in [1.82, 2.24) is 10.2 Å². The highest BCUT2D eigenvalue weighted by Crippen LogP contribution is 2.23. The number of carbonyl (C=O) groups excluding carboxylic acids is 2. The van der Waals surface area contributed by atoms with Gasteiger partial charge in [-0.25, -0.2) is 8.42 Å². The topological polar surface area (TPSA) is 96.0 Å². The summed E-state index contributed by atoms with van der Waals surface area (Å²) >= 11 is 0. The molecule has 0 saturated carbocycles. The molecule has 2 aromatic rings. The Morgan fingerprint density at radius 3 is 2.32 bits per heavy atom. The van der Waals surface area contributed by atoms with Gasteiger partial charge in [0.15, 0.2) is 0 Å². The van der Waals surface area contributed by atoms with Crippen molar-refractivity contribution in [2.75, 3.05) is 24.2 Å². The number of nitrogens with zero attached hydrogens (tertiary/aromatic N) is 2. The van der Waals surface area contributed by atoms with Gasteiger partial charge in [0.2, 0.25) is 21.8 Å². The van der Waals surface area contributed by atoms with Gasteiger partial charge in [0.05, 0.1) is 19.1 Å². The number of hydrogen-bond acceptors (Lipinski definition) is 5. The SMILES string of the molecule is CCC(C)NC(=O)C(CC)N(Cc1cccc(OC)c1)C(=O)CCCN(c1ccc(C)c(C)c1)S(C)(=O)=O. The summed E-state index contributed by atoms with van der Waals surface area (Å²) in [5.41, 5.74) is 3.50. The molecular weight excluding hydrogens is 502 g/mol. The molecule has 9 heteroatoms. The van der Waals surface area contributed by atoms with Crippen LogP contribution in [0.25, 0.3) is 0 Å². The maximum Gasteiger partial charge on any atom is 0.243 e. The van der Waals surface area contributed by atoms with Crippen LogP contribution in [0.1, 0.15) is 63.1 Å². The van der Waals surface area contributed by atoms with Gasteiger partial charge in [-0.2, -0.15) is 0 Å². The molecule has 38 heavy (non-hydrogen) atoms. The van der Waals surface area contributed by atoms with E-state index in [-0.39, 0.29) is 37.4 Å².